The van der Waals surface area contributed by atoms with Crippen LogP contribution in [0.1, 0.15) is 6.92 Å². The first kappa shape index (κ1) is 8.84. The maximum absolute atomic E-state index is 5.00. The van der Waals surface area contributed by atoms with Crippen molar-refractivity contribution in [3.05, 3.63) is 18.3 Å². The van der Waals surface area contributed by atoms with Crippen LogP contribution in [0.4, 0.5) is 5.82 Å². The molecule has 0 saturated heterocycles. The van der Waals surface area contributed by atoms with Gasteiger partial charge in [0.15, 0.2) is 0 Å². The summed E-state index contributed by atoms with van der Waals surface area (Å²) in [5, 5.41) is 0. The summed E-state index contributed by atoms with van der Waals surface area (Å²) >= 11 is 0. The third kappa shape index (κ3) is 1.87. The lowest BCUT2D eigenvalue weighted by Crippen LogP contribution is -2.16. The molecule has 0 aromatic carbocycles. The highest BCUT2D eigenvalue weighted by atomic mass is 16.5. The number of hydrogen-bond donors (Lipinski definition) is 0. The number of methoxy groups -OCH3 is 1. The summed E-state index contributed by atoms with van der Waals surface area (Å²) in [4.78, 5) is 6.29. The van der Waals surface area contributed by atoms with Gasteiger partial charge in [-0.15, -0.1) is 0 Å². The molecule has 1 heterocycles. The van der Waals surface area contributed by atoms with Gasteiger partial charge in [0.2, 0.25) is 0 Å². The quantitative estimate of drug-likeness (QED) is 0.681. The van der Waals surface area contributed by atoms with E-state index in [1.165, 1.54) is 0 Å². The fraction of sp³-hybridized carbons (Fsp3) is 0.444. The predicted octanol–water partition coefficient (Wildman–Crippen LogP) is 1.55. The fourth-order valence-corrected chi connectivity index (χ4v) is 0.881. The van der Waals surface area contributed by atoms with Crippen molar-refractivity contribution in [3.63, 3.8) is 0 Å². The smallest absolute Gasteiger partial charge is 0.137 e. The van der Waals surface area contributed by atoms with Gasteiger partial charge in [-0.1, -0.05) is 0 Å². The highest BCUT2D eigenvalue weighted by Crippen LogP contribution is 2.13. The first-order chi connectivity index (χ1) is 5.77. The van der Waals surface area contributed by atoms with E-state index in [-0.39, 0.29) is 0 Å². The van der Waals surface area contributed by atoms with Gasteiger partial charge in [-0.05, 0) is 19.1 Å². The molecule has 12 heavy (non-hydrogen) atoms. The lowest BCUT2D eigenvalue weighted by Gasteiger charge is -2.14. The molecule has 0 fully saturated rings. The van der Waals surface area contributed by atoms with Crippen molar-refractivity contribution >= 4 is 5.82 Å². The molecule has 1 aromatic heterocycles. The molecule has 0 unspecified atom stereocenters. The Kier molecular flexibility index (Phi) is 2.91. The van der Waals surface area contributed by atoms with Gasteiger partial charge in [-0.3, -0.25) is 0 Å². The van der Waals surface area contributed by atoms with Crippen molar-refractivity contribution < 1.29 is 4.74 Å². The Balaban J connectivity index is 2.77. The van der Waals surface area contributed by atoms with E-state index in [2.05, 4.69) is 16.8 Å². The van der Waals surface area contributed by atoms with Crippen molar-refractivity contribution in [2.45, 2.75) is 6.92 Å². The second kappa shape index (κ2) is 3.95. The second-order valence-corrected chi connectivity index (χ2v) is 2.57. The highest BCUT2D eigenvalue weighted by molar-refractivity contribution is 5.39. The maximum Gasteiger partial charge on any atom is 0.137 e. The van der Waals surface area contributed by atoms with Crippen LogP contribution in [0.5, 0.6) is 5.75 Å². The van der Waals surface area contributed by atoms with Gasteiger partial charge in [-0.25, -0.2) is 4.98 Å². The number of rotatable bonds is 3. The SMILES string of the molecule is CCN(C)c1ccc(OC)cn1. The monoisotopic (exact) mass is 166 g/mol. The van der Waals surface area contributed by atoms with E-state index in [1.54, 1.807) is 13.3 Å². The lowest BCUT2D eigenvalue weighted by atomic mass is 10.4. The van der Waals surface area contributed by atoms with Crippen LogP contribution in [-0.2, 0) is 0 Å². The largest absolute Gasteiger partial charge is 0.495 e. The molecule has 0 saturated carbocycles. The zero-order chi connectivity index (χ0) is 8.97. The zero-order valence-corrected chi connectivity index (χ0v) is 7.74. The lowest BCUT2D eigenvalue weighted by molar-refractivity contribution is 0.413. The van der Waals surface area contributed by atoms with Gasteiger partial charge >= 0.3 is 0 Å². The number of nitrogens with zero attached hydrogens (tertiary/aromatic N) is 2. The Morgan fingerprint density at radius 1 is 1.50 bits per heavy atom. The van der Waals surface area contributed by atoms with Crippen molar-refractivity contribution in [2.75, 3.05) is 25.6 Å². The summed E-state index contributed by atoms with van der Waals surface area (Å²) < 4.78 is 5.00. The molecule has 3 nitrogen and oxygen atoms in total. The van der Waals surface area contributed by atoms with Crippen LogP contribution in [0, 0.1) is 0 Å². The molecule has 0 aliphatic carbocycles. The number of hydrogen-bond acceptors (Lipinski definition) is 3. The topological polar surface area (TPSA) is 25.4 Å². The standard InChI is InChI=1S/C9H14N2O/c1-4-11(2)9-6-5-8(12-3)7-10-9/h5-7H,4H2,1-3H3. The van der Waals surface area contributed by atoms with Crippen molar-refractivity contribution in [1.82, 2.24) is 4.98 Å². The molecular formula is C9H14N2O. The fourth-order valence-electron chi connectivity index (χ4n) is 0.881. The number of ether oxygens (including phenoxy) is 1. The van der Waals surface area contributed by atoms with Crippen molar-refractivity contribution in [3.8, 4) is 5.75 Å². The number of aromatic nitrogens is 1. The molecule has 0 bridgehead atoms. The van der Waals surface area contributed by atoms with Crippen LogP contribution in [0.3, 0.4) is 0 Å². The zero-order valence-electron chi connectivity index (χ0n) is 7.74. The maximum atomic E-state index is 5.00. The molecule has 0 atom stereocenters. The third-order valence-electron chi connectivity index (χ3n) is 1.82. The van der Waals surface area contributed by atoms with Crippen LogP contribution in [0.25, 0.3) is 0 Å². The molecule has 0 amide bonds. The van der Waals surface area contributed by atoms with Gasteiger partial charge in [0.05, 0.1) is 13.3 Å². The summed E-state index contributed by atoms with van der Waals surface area (Å²) in [7, 11) is 3.65. The number of pyridine rings is 1. The molecule has 0 aliphatic rings. The van der Waals surface area contributed by atoms with E-state index in [4.69, 9.17) is 4.74 Å². The number of anilines is 1. The average molecular weight is 166 g/mol. The minimum atomic E-state index is 0.795. The summed E-state index contributed by atoms with van der Waals surface area (Å²) in [5.74, 6) is 1.77. The predicted molar refractivity (Wildman–Crippen MR) is 49.7 cm³/mol. The molecule has 0 aliphatic heterocycles. The van der Waals surface area contributed by atoms with E-state index in [9.17, 15) is 0 Å². The van der Waals surface area contributed by atoms with Gasteiger partial charge in [0.25, 0.3) is 0 Å². The third-order valence-corrected chi connectivity index (χ3v) is 1.82. The second-order valence-electron chi connectivity index (χ2n) is 2.57. The Labute approximate surface area is 73.0 Å². The van der Waals surface area contributed by atoms with Crippen LogP contribution >= 0.6 is 0 Å². The molecule has 66 valence electrons. The average Bonchev–Trinajstić information content (AvgIpc) is 2.17. The Morgan fingerprint density at radius 2 is 2.25 bits per heavy atom. The van der Waals surface area contributed by atoms with Gasteiger partial charge in [-0.2, -0.15) is 0 Å². The van der Waals surface area contributed by atoms with E-state index < -0.39 is 0 Å². The normalized spacial score (nSPS) is 9.58. The van der Waals surface area contributed by atoms with Crippen LogP contribution in [-0.4, -0.2) is 25.7 Å². The summed E-state index contributed by atoms with van der Waals surface area (Å²) in [6, 6.07) is 3.86. The summed E-state index contributed by atoms with van der Waals surface area (Å²) in [6.45, 7) is 3.05. The van der Waals surface area contributed by atoms with E-state index >= 15 is 0 Å². The minimum absolute atomic E-state index is 0.795. The Hall–Kier alpha value is -1.25. The highest BCUT2D eigenvalue weighted by Gasteiger charge is 1.98. The minimum Gasteiger partial charge on any atom is -0.495 e. The van der Waals surface area contributed by atoms with Gasteiger partial charge in [0.1, 0.15) is 11.6 Å². The molecule has 0 radical (unpaired) electrons. The van der Waals surface area contributed by atoms with Crippen LogP contribution in [0.2, 0.25) is 0 Å². The molecule has 3 heteroatoms. The van der Waals surface area contributed by atoms with Crippen LogP contribution in [0.15, 0.2) is 18.3 Å². The van der Waals surface area contributed by atoms with Crippen LogP contribution < -0.4 is 9.64 Å². The van der Waals surface area contributed by atoms with Crippen molar-refractivity contribution in [1.29, 1.82) is 0 Å². The molecule has 1 aromatic rings. The molecule has 1 rings (SSSR count). The Morgan fingerprint density at radius 3 is 2.67 bits per heavy atom. The summed E-state index contributed by atoms with van der Waals surface area (Å²) in [5.41, 5.74) is 0. The van der Waals surface area contributed by atoms with E-state index in [0.717, 1.165) is 18.1 Å². The summed E-state index contributed by atoms with van der Waals surface area (Å²) in [6.07, 6.45) is 1.72. The Bertz CT molecular complexity index is 233. The van der Waals surface area contributed by atoms with Crippen molar-refractivity contribution in [2.24, 2.45) is 0 Å². The molecular weight excluding hydrogens is 152 g/mol. The first-order valence-electron chi connectivity index (χ1n) is 3.99. The van der Waals surface area contributed by atoms with Gasteiger partial charge in [0, 0.05) is 13.6 Å². The van der Waals surface area contributed by atoms with Gasteiger partial charge < -0.3 is 9.64 Å². The molecule has 0 N–H and O–H groups in total. The first-order valence-corrected chi connectivity index (χ1v) is 3.99. The molecule has 0 spiro atoms. The van der Waals surface area contributed by atoms with E-state index in [1.807, 2.05) is 19.2 Å². The van der Waals surface area contributed by atoms with E-state index in [0.29, 0.717) is 0 Å².